The van der Waals surface area contributed by atoms with Crippen LogP contribution in [0, 0.1) is 34.5 Å². The molecule has 12 nitrogen and oxygen atoms in total. The monoisotopic (exact) mass is 631 g/mol. The summed E-state index contributed by atoms with van der Waals surface area (Å²) in [4.78, 5) is 29.1. The summed E-state index contributed by atoms with van der Waals surface area (Å²) >= 11 is 0. The summed E-state index contributed by atoms with van der Waals surface area (Å²) < 4.78 is 37.2. The van der Waals surface area contributed by atoms with Crippen molar-refractivity contribution >= 4 is 11.9 Å². The summed E-state index contributed by atoms with van der Waals surface area (Å²) in [5.41, 5.74) is -4.79. The second-order valence-corrected chi connectivity index (χ2v) is 14.3. The average molecular weight is 632 g/mol. The van der Waals surface area contributed by atoms with Crippen molar-refractivity contribution in [3.63, 3.8) is 0 Å². The zero-order valence-corrected chi connectivity index (χ0v) is 26.6. The van der Waals surface area contributed by atoms with Crippen LogP contribution in [-0.2, 0) is 33.2 Å². The number of methoxy groups -OCH3 is 4. The van der Waals surface area contributed by atoms with E-state index in [2.05, 4.69) is 4.90 Å². The molecule has 45 heavy (non-hydrogen) atoms. The van der Waals surface area contributed by atoms with Gasteiger partial charge >= 0.3 is 11.9 Å². The Hall–Kier alpha value is -2.16. The molecule has 0 aromatic heterocycles. The lowest BCUT2D eigenvalue weighted by Crippen LogP contribution is -2.81. The van der Waals surface area contributed by atoms with E-state index in [4.69, 9.17) is 28.4 Å². The van der Waals surface area contributed by atoms with Crippen molar-refractivity contribution in [2.45, 2.75) is 73.6 Å². The number of rotatable bonds is 8. The second-order valence-electron chi connectivity index (χ2n) is 14.3. The van der Waals surface area contributed by atoms with Gasteiger partial charge in [0.05, 0.1) is 30.5 Å². The lowest BCUT2D eigenvalue weighted by molar-refractivity contribution is -0.321. The number of benzene rings is 1. The van der Waals surface area contributed by atoms with Crippen molar-refractivity contribution in [1.82, 2.24) is 4.90 Å². The Morgan fingerprint density at radius 2 is 1.71 bits per heavy atom. The first-order valence-corrected chi connectivity index (χ1v) is 15.8. The summed E-state index contributed by atoms with van der Waals surface area (Å²) in [5, 5.41) is 37.0. The third kappa shape index (κ3) is 3.55. The fourth-order valence-electron chi connectivity index (χ4n) is 12.2. The van der Waals surface area contributed by atoms with Crippen LogP contribution in [0.25, 0.3) is 0 Å². The Labute approximate surface area is 262 Å². The smallest absolute Gasteiger partial charge is 0.338 e. The molecule has 15 atom stereocenters. The van der Waals surface area contributed by atoms with Gasteiger partial charge in [-0.15, -0.1) is 0 Å². The summed E-state index contributed by atoms with van der Waals surface area (Å²) in [6, 6.07) is 8.15. The molecule has 7 rings (SSSR count). The quantitative estimate of drug-likeness (QED) is 0.337. The van der Waals surface area contributed by atoms with Crippen molar-refractivity contribution in [2.24, 2.45) is 34.5 Å². The molecule has 3 N–H and O–H groups in total. The van der Waals surface area contributed by atoms with E-state index in [1.807, 2.05) is 7.05 Å². The summed E-state index contributed by atoms with van der Waals surface area (Å²) in [6.07, 6.45) is -5.50. The van der Waals surface area contributed by atoms with Crippen LogP contribution in [-0.4, -0.2) is 135 Å². The van der Waals surface area contributed by atoms with Crippen molar-refractivity contribution in [3.05, 3.63) is 35.9 Å². The largest absolute Gasteiger partial charge is 0.455 e. The van der Waals surface area contributed by atoms with Gasteiger partial charge in [0.15, 0.2) is 5.60 Å². The highest BCUT2D eigenvalue weighted by atomic mass is 16.6. The zero-order valence-electron chi connectivity index (χ0n) is 26.6. The Kier molecular flexibility index (Phi) is 7.28. The van der Waals surface area contributed by atoms with Gasteiger partial charge in [-0.05, 0) is 31.5 Å². The molecule has 1 aromatic carbocycles. The fraction of sp³-hybridized carbons (Fsp3) is 0.758. The topological polar surface area (TPSA) is 153 Å². The molecule has 0 unspecified atom stereocenters. The van der Waals surface area contributed by atoms with Crippen LogP contribution in [0.1, 0.15) is 30.1 Å². The summed E-state index contributed by atoms with van der Waals surface area (Å²) in [6.45, 7) is 2.00. The number of fused-ring (bicyclic) bond motifs is 2. The van der Waals surface area contributed by atoms with Gasteiger partial charge in [0.2, 0.25) is 0 Å². The maximum absolute atomic E-state index is 13.7. The maximum atomic E-state index is 13.7. The van der Waals surface area contributed by atoms with Gasteiger partial charge in [0, 0.05) is 83.0 Å². The van der Waals surface area contributed by atoms with Crippen molar-refractivity contribution in [2.75, 3.05) is 48.6 Å². The Bertz CT molecular complexity index is 1350. The van der Waals surface area contributed by atoms with Crippen molar-refractivity contribution in [1.29, 1.82) is 0 Å². The molecule has 1 heterocycles. The molecule has 6 fully saturated rings. The van der Waals surface area contributed by atoms with Crippen LogP contribution >= 0.6 is 0 Å². The Morgan fingerprint density at radius 3 is 2.31 bits per heavy atom. The molecule has 5 saturated carbocycles. The number of hydrogen-bond donors (Lipinski definition) is 3. The van der Waals surface area contributed by atoms with Crippen molar-refractivity contribution in [3.8, 4) is 0 Å². The highest BCUT2D eigenvalue weighted by molar-refractivity contribution is 5.89. The first-order chi connectivity index (χ1) is 21.4. The number of likely N-dealkylation sites (tertiary alicyclic amines) is 1. The number of piperidine rings is 1. The number of aliphatic hydroxyl groups excluding tert-OH is 2. The van der Waals surface area contributed by atoms with E-state index in [0.29, 0.717) is 18.5 Å². The molecule has 1 saturated heterocycles. The molecule has 1 spiro atoms. The van der Waals surface area contributed by atoms with Gasteiger partial charge in [0.1, 0.15) is 23.9 Å². The van der Waals surface area contributed by atoms with Gasteiger partial charge in [-0.25, -0.2) is 4.79 Å². The molecular weight excluding hydrogens is 586 g/mol. The fourth-order valence-corrected chi connectivity index (χ4v) is 12.2. The molecular formula is C33H45NO11. The lowest BCUT2D eigenvalue weighted by Gasteiger charge is -2.70. The second kappa shape index (κ2) is 10.4. The lowest BCUT2D eigenvalue weighted by atomic mass is 9.42. The molecule has 1 aromatic rings. The highest BCUT2D eigenvalue weighted by Gasteiger charge is 2.92. The third-order valence-electron chi connectivity index (χ3n) is 12.9. The molecule has 1 aliphatic heterocycles. The summed E-state index contributed by atoms with van der Waals surface area (Å²) in [7, 11) is 8.20. The first-order valence-electron chi connectivity index (χ1n) is 15.8. The maximum Gasteiger partial charge on any atom is 0.338 e. The molecule has 6 aliphatic rings. The number of hydrogen-bond acceptors (Lipinski definition) is 12. The standard InChI is InChI=1S/C33H45NO11/c1-16(35)45-33-21-18(13-31(39,28(43-6)26(33)37)27(21)44-29(38)17-10-8-7-9-11-17)32-20(41-4)12-19(36)30(15-40-3)14-34(2)25(32)22(33)23(42-5)24(30)32/h7-11,18-28,36-37,39H,12-15H2,1-6H3/t18-,19-,20+,21+,22+,23+,24-,25-,26+,27-,28+,30-,31-,32+,33-/m1/s1. The van der Waals surface area contributed by atoms with E-state index < -0.39 is 88.3 Å². The summed E-state index contributed by atoms with van der Waals surface area (Å²) in [5.74, 6) is -3.66. The minimum atomic E-state index is -1.83. The minimum absolute atomic E-state index is 0.0754. The number of carbonyl (C=O) groups is 2. The van der Waals surface area contributed by atoms with E-state index in [1.54, 1.807) is 51.7 Å². The molecule has 0 amide bonds. The number of esters is 2. The van der Waals surface area contributed by atoms with Crippen LogP contribution in [0.4, 0.5) is 0 Å². The van der Waals surface area contributed by atoms with Gasteiger partial charge in [-0.1, -0.05) is 18.2 Å². The predicted octanol–water partition coefficient (Wildman–Crippen LogP) is 0.258. The Balaban J connectivity index is 1.52. The third-order valence-corrected chi connectivity index (χ3v) is 12.9. The van der Waals surface area contributed by atoms with Gasteiger partial charge in [-0.2, -0.15) is 0 Å². The molecule has 5 aliphatic carbocycles. The van der Waals surface area contributed by atoms with Crippen LogP contribution in [0.5, 0.6) is 0 Å². The average Bonchev–Trinajstić information content (AvgIpc) is 3.40. The zero-order chi connectivity index (χ0) is 32.3. The van der Waals surface area contributed by atoms with E-state index in [0.717, 1.165) is 0 Å². The predicted molar refractivity (Wildman–Crippen MR) is 156 cm³/mol. The number of aliphatic hydroxyl groups is 3. The number of carbonyl (C=O) groups excluding carboxylic acids is 2. The SMILES string of the molecule is COC[C@@]12CN(C)[C@@H]3[C@@H]4[C@H](OC)[C@H]1[C@@]3([C@@H](OC)C[C@H]2O)[C@@H]1C[C@@]2(O)[C@H](OC(=O)c3ccccc3)[C@H]1[C@]4(OC(C)=O)[C@@H](O)[C@@H]2OC. The molecule has 248 valence electrons. The number of nitrogens with zero attached hydrogens (tertiary/aromatic N) is 1. The highest BCUT2D eigenvalue weighted by Crippen LogP contribution is 2.80. The number of ether oxygens (including phenoxy) is 6. The van der Waals surface area contributed by atoms with E-state index >= 15 is 0 Å². The van der Waals surface area contributed by atoms with Crippen molar-refractivity contribution < 1.29 is 53.3 Å². The van der Waals surface area contributed by atoms with Crippen LogP contribution in [0.15, 0.2) is 30.3 Å². The van der Waals surface area contributed by atoms with E-state index in [1.165, 1.54) is 14.0 Å². The first kappa shape index (κ1) is 31.4. The normalized spacial score (nSPS) is 50.7. The van der Waals surface area contributed by atoms with Gasteiger partial charge < -0.3 is 48.6 Å². The van der Waals surface area contributed by atoms with Crippen LogP contribution < -0.4 is 0 Å². The molecule has 12 heteroatoms. The van der Waals surface area contributed by atoms with Crippen LogP contribution in [0.2, 0.25) is 0 Å². The minimum Gasteiger partial charge on any atom is -0.455 e. The van der Waals surface area contributed by atoms with E-state index in [-0.39, 0.29) is 25.0 Å². The molecule has 0 radical (unpaired) electrons. The van der Waals surface area contributed by atoms with E-state index in [9.17, 15) is 24.9 Å². The van der Waals surface area contributed by atoms with Gasteiger partial charge in [-0.3, -0.25) is 4.79 Å². The molecule has 7 bridgehead atoms. The van der Waals surface area contributed by atoms with Gasteiger partial charge in [0.25, 0.3) is 0 Å². The van der Waals surface area contributed by atoms with Crippen LogP contribution in [0.3, 0.4) is 0 Å². The Morgan fingerprint density at radius 1 is 1.00 bits per heavy atom.